The molecule has 0 saturated carbocycles. The van der Waals surface area contributed by atoms with Crippen molar-refractivity contribution in [3.05, 3.63) is 424 Å². The molecule has 0 radical (unpaired) electrons. The van der Waals surface area contributed by atoms with Crippen LogP contribution in [0.25, 0.3) is 83.8 Å². The molecule has 0 fully saturated rings. The zero-order chi connectivity index (χ0) is 75.9. The van der Waals surface area contributed by atoms with E-state index in [0.717, 1.165) is 60.7 Å². The summed E-state index contributed by atoms with van der Waals surface area (Å²) in [5.74, 6) is 6.25. The zero-order valence-electron chi connectivity index (χ0n) is 60.4. The second-order valence-electron chi connectivity index (χ2n) is 25.1. The van der Waals surface area contributed by atoms with Gasteiger partial charge in [-0.1, -0.05) is 228 Å². The quantitative estimate of drug-likeness (QED) is 0.0765. The van der Waals surface area contributed by atoms with Crippen LogP contribution in [0.2, 0.25) is 0 Å². The van der Waals surface area contributed by atoms with Crippen LogP contribution in [0.1, 0.15) is 0 Å². The van der Waals surface area contributed by atoms with E-state index in [-0.39, 0.29) is 26.8 Å². The van der Waals surface area contributed by atoms with E-state index in [1.165, 1.54) is 33.4 Å². The van der Waals surface area contributed by atoms with E-state index in [0.29, 0.717) is 52.1 Å². The summed E-state index contributed by atoms with van der Waals surface area (Å²) < 4.78 is 35.6. The zero-order valence-corrected chi connectivity index (χ0v) is 64.2. The van der Waals surface area contributed by atoms with Crippen molar-refractivity contribution in [1.82, 2.24) is 44.3 Å². The molecule has 0 spiro atoms. The summed E-state index contributed by atoms with van der Waals surface area (Å²) in [5, 5.41) is 23.1. The number of hydrogen-bond acceptors (Lipinski definition) is 12. The molecule has 0 saturated heterocycles. The molecule has 0 amide bonds. The summed E-state index contributed by atoms with van der Waals surface area (Å²) >= 11 is 3.38. The normalized spacial score (nSPS) is 10.5. The van der Waals surface area contributed by atoms with Gasteiger partial charge < -0.3 is 28.8 Å². The number of ether oxygens (including phenoxy) is 5. The average Bonchev–Trinajstić information content (AvgIpc) is 1.77. The summed E-state index contributed by atoms with van der Waals surface area (Å²) in [7, 11) is 0. The molecule has 6 aromatic heterocycles. The van der Waals surface area contributed by atoms with Gasteiger partial charge in [0.1, 0.15) is 28.7 Å². The summed E-state index contributed by atoms with van der Waals surface area (Å²) in [6.07, 6.45) is 16.6. The molecule has 18 rings (SSSR count). The molecule has 0 aliphatic rings. The van der Waals surface area contributed by atoms with Crippen molar-refractivity contribution in [3.63, 3.8) is 0 Å². The van der Waals surface area contributed by atoms with Gasteiger partial charge in [0, 0.05) is 112 Å². The van der Waals surface area contributed by atoms with E-state index in [4.69, 9.17) is 23.7 Å². The van der Waals surface area contributed by atoms with Gasteiger partial charge in [0.05, 0.1) is 30.0 Å². The molecular formula is C96H68BrN9O6Pt. The van der Waals surface area contributed by atoms with Crippen molar-refractivity contribution in [2.24, 2.45) is 0 Å². The largest absolute Gasteiger partial charge is 2.00 e. The van der Waals surface area contributed by atoms with Crippen molar-refractivity contribution in [2.75, 3.05) is 0 Å². The third kappa shape index (κ3) is 20.9. The molecule has 0 atom stereocenters. The van der Waals surface area contributed by atoms with Crippen LogP contribution in [0.3, 0.4) is 0 Å². The first-order chi connectivity index (χ1) is 55.2. The fourth-order valence-corrected chi connectivity index (χ4v) is 12.1. The number of phenolic OH excluding ortho intramolecular Hbond substituents is 1. The van der Waals surface area contributed by atoms with E-state index < -0.39 is 0 Å². The number of phenols is 1. The Labute approximate surface area is 677 Å². The van der Waals surface area contributed by atoms with Gasteiger partial charge in [0.2, 0.25) is 17.6 Å². The van der Waals surface area contributed by atoms with E-state index in [9.17, 15) is 5.11 Å². The van der Waals surface area contributed by atoms with Gasteiger partial charge >= 0.3 is 21.1 Å². The molecule has 6 heterocycles. The predicted molar refractivity (Wildman–Crippen MR) is 443 cm³/mol. The van der Waals surface area contributed by atoms with Gasteiger partial charge in [0.15, 0.2) is 0 Å². The average molecular weight is 1720 g/mol. The summed E-state index contributed by atoms with van der Waals surface area (Å²) in [6, 6.07) is 121. The Morgan fingerprint density at radius 1 is 0.265 bits per heavy atom. The minimum atomic E-state index is 0. The number of aromatic nitrogens is 9. The Morgan fingerprint density at radius 3 is 1.07 bits per heavy atom. The van der Waals surface area contributed by atoms with Crippen LogP contribution in [0.15, 0.2) is 412 Å². The van der Waals surface area contributed by atoms with Gasteiger partial charge in [-0.3, -0.25) is 4.68 Å². The van der Waals surface area contributed by atoms with Gasteiger partial charge in [-0.25, -0.2) is 24.3 Å². The Bertz CT molecular complexity index is 5760. The van der Waals surface area contributed by atoms with Crippen LogP contribution in [-0.2, 0) is 21.1 Å². The SMILES string of the molecule is Brc1cccc(Oc2ccccn2)c1.Oc1cccc(-n2cc(-c3ccc(-c4ccccc4)cc3)cn2)c1.[Pt+2].[c-]1c(Oc2[c-]c(-n3cc(-c4ccc(-c5ccccc5)cc4)cn3)ccc2)cccc1Oc1ccccn1.c1ccc(-c2ccc(-c3cnn(-c4cccc(Oc5cccc(Oc6ccccn6)c5)c4)c3)cc2)cc1. The van der Waals surface area contributed by atoms with E-state index in [1.807, 2.05) is 242 Å². The van der Waals surface area contributed by atoms with E-state index >= 15 is 0 Å². The summed E-state index contributed by atoms with van der Waals surface area (Å²) in [5.41, 5.74) is 16.1. The Morgan fingerprint density at radius 2 is 0.611 bits per heavy atom. The fourth-order valence-electron chi connectivity index (χ4n) is 11.8. The van der Waals surface area contributed by atoms with Gasteiger partial charge in [0.25, 0.3) is 0 Å². The van der Waals surface area contributed by atoms with Crippen LogP contribution in [0, 0.1) is 12.1 Å². The van der Waals surface area contributed by atoms with Crippen molar-refractivity contribution in [2.45, 2.75) is 0 Å². The van der Waals surface area contributed by atoms with Crippen LogP contribution in [0.5, 0.6) is 63.6 Å². The van der Waals surface area contributed by atoms with Crippen LogP contribution in [0.4, 0.5) is 0 Å². The predicted octanol–water partition coefficient (Wildman–Crippen LogP) is 24.5. The van der Waals surface area contributed by atoms with Gasteiger partial charge in [-0.15, -0.1) is 30.3 Å². The third-order valence-corrected chi connectivity index (χ3v) is 17.8. The molecule has 1 N–H and O–H groups in total. The number of pyridine rings is 3. The number of hydrogen-bond donors (Lipinski definition) is 1. The first-order valence-electron chi connectivity index (χ1n) is 35.8. The van der Waals surface area contributed by atoms with E-state index in [1.54, 1.807) is 58.3 Å². The molecule has 0 bridgehead atoms. The molecule has 18 aromatic rings. The first kappa shape index (κ1) is 75.5. The number of aromatic hydroxyl groups is 1. The van der Waals surface area contributed by atoms with Crippen molar-refractivity contribution in [1.29, 1.82) is 0 Å². The molecular weight excluding hydrogens is 1650 g/mol. The number of nitrogens with zero attached hydrogens (tertiary/aromatic N) is 9. The van der Waals surface area contributed by atoms with Crippen LogP contribution in [-0.4, -0.2) is 49.4 Å². The number of rotatable bonds is 19. The maximum absolute atomic E-state index is 9.60. The molecule has 15 nitrogen and oxygen atoms in total. The van der Waals surface area contributed by atoms with Gasteiger partial charge in [-0.05, 0) is 129 Å². The van der Waals surface area contributed by atoms with Crippen molar-refractivity contribution in [3.8, 4) is 147 Å². The fraction of sp³-hybridized carbons (Fsp3) is 0. The summed E-state index contributed by atoms with van der Waals surface area (Å²) in [6.45, 7) is 0. The molecule has 17 heteroatoms. The minimum absolute atomic E-state index is 0. The molecule has 0 aliphatic carbocycles. The monoisotopic (exact) mass is 1720 g/mol. The smallest absolute Gasteiger partial charge is 0.509 e. The molecule has 0 unspecified atom stereocenters. The van der Waals surface area contributed by atoms with Gasteiger partial charge in [-0.2, -0.15) is 27.4 Å². The second-order valence-corrected chi connectivity index (χ2v) is 26.0. The molecule has 12 aromatic carbocycles. The third-order valence-electron chi connectivity index (χ3n) is 17.3. The first-order valence-corrected chi connectivity index (χ1v) is 36.6. The topological polar surface area (TPSA) is 159 Å². The standard InChI is InChI=1S/C32H23N3O2.C32H21N3O2.C21H16N2O.C11H8BrNO.Pt/c2*1-2-8-24(9-3-1)25-15-17-26(18-16-25)27-22-34-35(23-27)28-10-6-11-29(20-28)36-30-12-7-13-31(21-30)37-32-14-4-5-19-33-32;24-21-8-4-7-20(13-21)23-15-19(14-22-23)18-11-9-17(10-12-18)16-5-2-1-3-6-16;12-9-4-3-5-10(8-9)14-11-6-1-2-7-13-11;/h1-23H;1-19,22-23H;1-15,24H;1-8H;/q;-2;;;+2. The molecule has 550 valence electrons. The van der Waals surface area contributed by atoms with Crippen LogP contribution >= 0.6 is 15.9 Å². The summed E-state index contributed by atoms with van der Waals surface area (Å²) in [4.78, 5) is 12.4. The van der Waals surface area contributed by atoms with Crippen LogP contribution < -0.4 is 23.7 Å². The Hall–Kier alpha value is -14.3. The van der Waals surface area contributed by atoms with Crippen molar-refractivity contribution < 1.29 is 49.9 Å². The maximum atomic E-state index is 9.60. The molecule has 0 aliphatic heterocycles. The number of halogens is 1. The maximum Gasteiger partial charge on any atom is 2.00 e. The molecule has 113 heavy (non-hydrogen) atoms. The Kier molecular flexibility index (Phi) is 25.2. The van der Waals surface area contributed by atoms with Crippen molar-refractivity contribution >= 4 is 15.9 Å². The Balaban J connectivity index is 0.000000131. The minimum Gasteiger partial charge on any atom is -0.509 e. The second kappa shape index (κ2) is 37.7. The van der Waals surface area contributed by atoms with E-state index in [2.05, 4.69) is 180 Å². The number of benzene rings is 12.